The molecular formula is C25H28N6O. The van der Waals surface area contributed by atoms with Crippen LogP contribution in [-0.2, 0) is 0 Å². The normalized spacial score (nSPS) is 15.4. The van der Waals surface area contributed by atoms with E-state index in [1.807, 2.05) is 12.1 Å². The van der Waals surface area contributed by atoms with Crippen LogP contribution in [-0.4, -0.2) is 68.9 Å². The minimum Gasteiger partial charge on any atom is -0.477 e. The third-order valence-corrected chi connectivity index (χ3v) is 6.01. The van der Waals surface area contributed by atoms with E-state index in [0.29, 0.717) is 18.5 Å². The molecule has 0 atom stereocenters. The fourth-order valence-corrected chi connectivity index (χ4v) is 4.38. The summed E-state index contributed by atoms with van der Waals surface area (Å²) in [6, 6.07) is 25.7. The Bertz CT molecular complexity index is 1070. The lowest BCUT2D eigenvalue weighted by atomic mass is 9.96. The third kappa shape index (κ3) is 4.79. The summed E-state index contributed by atoms with van der Waals surface area (Å²) in [7, 11) is 0. The van der Waals surface area contributed by atoms with Gasteiger partial charge in [0.25, 0.3) is 0 Å². The maximum absolute atomic E-state index is 5.82. The number of piperazine rings is 1. The molecule has 0 amide bonds. The first-order chi connectivity index (χ1) is 15.9. The van der Waals surface area contributed by atoms with Crippen molar-refractivity contribution in [1.29, 1.82) is 0 Å². The Kier molecular flexibility index (Phi) is 6.37. The number of benzene rings is 2. The fraction of sp³-hybridized carbons (Fsp3) is 0.320. The molecule has 32 heavy (non-hydrogen) atoms. The van der Waals surface area contributed by atoms with Crippen molar-refractivity contribution in [2.75, 3.05) is 39.3 Å². The molecule has 0 spiro atoms. The van der Waals surface area contributed by atoms with Gasteiger partial charge in [-0.2, -0.15) is 4.52 Å². The predicted molar refractivity (Wildman–Crippen MR) is 124 cm³/mol. The van der Waals surface area contributed by atoms with Gasteiger partial charge in [-0.1, -0.05) is 60.7 Å². The molecule has 0 aliphatic carbocycles. The van der Waals surface area contributed by atoms with Gasteiger partial charge in [-0.3, -0.25) is 4.90 Å². The average molecular weight is 429 g/mol. The fourth-order valence-electron chi connectivity index (χ4n) is 4.38. The van der Waals surface area contributed by atoms with Crippen LogP contribution < -0.4 is 4.74 Å². The van der Waals surface area contributed by atoms with E-state index in [0.717, 1.165) is 44.8 Å². The van der Waals surface area contributed by atoms with Crippen LogP contribution >= 0.6 is 0 Å². The van der Waals surface area contributed by atoms with Gasteiger partial charge < -0.3 is 9.64 Å². The van der Waals surface area contributed by atoms with E-state index in [1.165, 1.54) is 11.1 Å². The Morgan fingerprint density at radius 1 is 0.812 bits per heavy atom. The highest BCUT2D eigenvalue weighted by Crippen LogP contribution is 2.29. The lowest BCUT2D eigenvalue weighted by molar-refractivity contribution is 0.104. The summed E-state index contributed by atoms with van der Waals surface area (Å²) >= 11 is 0. The van der Waals surface area contributed by atoms with Gasteiger partial charge in [0.15, 0.2) is 5.65 Å². The second kappa shape index (κ2) is 9.89. The molecule has 2 aromatic carbocycles. The molecule has 0 N–H and O–H groups in total. The maximum Gasteiger partial charge on any atom is 0.231 e. The molecule has 4 aromatic rings. The van der Waals surface area contributed by atoms with Crippen molar-refractivity contribution in [3.8, 4) is 5.88 Å². The van der Waals surface area contributed by atoms with E-state index < -0.39 is 0 Å². The minimum absolute atomic E-state index is 0.307. The smallest absolute Gasteiger partial charge is 0.231 e. The van der Waals surface area contributed by atoms with Crippen molar-refractivity contribution in [2.24, 2.45) is 0 Å². The van der Waals surface area contributed by atoms with Crippen LogP contribution in [0.3, 0.4) is 0 Å². The Morgan fingerprint density at radius 2 is 1.50 bits per heavy atom. The first kappa shape index (κ1) is 20.6. The Hall–Kier alpha value is -3.29. The highest BCUT2D eigenvalue weighted by atomic mass is 16.5. The number of aromatic nitrogens is 4. The van der Waals surface area contributed by atoms with E-state index in [1.54, 1.807) is 10.8 Å². The van der Waals surface area contributed by atoms with Crippen LogP contribution in [0.4, 0.5) is 0 Å². The molecule has 5 rings (SSSR count). The first-order valence-electron chi connectivity index (χ1n) is 11.2. The number of nitrogens with zero attached hydrogens (tertiary/aromatic N) is 6. The van der Waals surface area contributed by atoms with Gasteiger partial charge >= 0.3 is 0 Å². The molecule has 1 fully saturated rings. The van der Waals surface area contributed by atoms with Crippen LogP contribution in [0.5, 0.6) is 5.88 Å². The number of hydrogen-bond acceptors (Lipinski definition) is 6. The van der Waals surface area contributed by atoms with Crippen LogP contribution in [0, 0.1) is 0 Å². The number of hydrogen-bond donors (Lipinski definition) is 0. The first-order valence-corrected chi connectivity index (χ1v) is 11.2. The average Bonchev–Trinajstić information content (AvgIpc) is 3.32. The summed E-state index contributed by atoms with van der Waals surface area (Å²) in [4.78, 5) is 5.14. The van der Waals surface area contributed by atoms with Gasteiger partial charge in [0.2, 0.25) is 5.88 Å². The molecule has 1 aliphatic rings. The van der Waals surface area contributed by atoms with Gasteiger partial charge in [-0.05, 0) is 23.6 Å². The molecule has 0 saturated carbocycles. The van der Waals surface area contributed by atoms with E-state index in [2.05, 4.69) is 85.8 Å². The molecule has 164 valence electrons. The number of rotatable bonds is 8. The van der Waals surface area contributed by atoms with Gasteiger partial charge in [0.05, 0.1) is 12.6 Å². The monoisotopic (exact) mass is 428 g/mol. The van der Waals surface area contributed by atoms with Crippen LogP contribution in [0.25, 0.3) is 5.65 Å². The Balaban J connectivity index is 1.13. The number of fused-ring (bicyclic) bond motifs is 1. The summed E-state index contributed by atoms with van der Waals surface area (Å²) in [5.41, 5.74) is 3.44. The molecule has 1 saturated heterocycles. The molecular weight excluding hydrogens is 400 g/mol. The minimum atomic E-state index is 0.307. The molecule has 7 heteroatoms. The van der Waals surface area contributed by atoms with Gasteiger partial charge in [-0.15, -0.1) is 15.3 Å². The number of ether oxygens (including phenoxy) is 1. The second-order valence-corrected chi connectivity index (χ2v) is 8.11. The van der Waals surface area contributed by atoms with E-state index >= 15 is 0 Å². The molecule has 1 aliphatic heterocycles. The van der Waals surface area contributed by atoms with E-state index in [9.17, 15) is 0 Å². The van der Waals surface area contributed by atoms with Crippen molar-refractivity contribution in [3.63, 3.8) is 0 Å². The highest BCUT2D eigenvalue weighted by molar-refractivity contribution is 5.35. The zero-order valence-electron chi connectivity index (χ0n) is 18.1. The zero-order valence-corrected chi connectivity index (χ0v) is 18.1. The summed E-state index contributed by atoms with van der Waals surface area (Å²) in [6.45, 7) is 5.94. The molecule has 2 aromatic heterocycles. The van der Waals surface area contributed by atoms with Crippen LogP contribution in [0.1, 0.15) is 23.6 Å². The molecule has 3 heterocycles. The van der Waals surface area contributed by atoms with Crippen LogP contribution in [0.2, 0.25) is 0 Å². The lowest BCUT2D eigenvalue weighted by Crippen LogP contribution is -2.48. The molecule has 0 unspecified atom stereocenters. The molecule has 0 bridgehead atoms. The van der Waals surface area contributed by atoms with E-state index in [-0.39, 0.29) is 0 Å². The van der Waals surface area contributed by atoms with Crippen molar-refractivity contribution in [3.05, 3.63) is 90.3 Å². The Morgan fingerprint density at radius 3 is 2.19 bits per heavy atom. The second-order valence-electron chi connectivity index (χ2n) is 8.11. The summed E-state index contributed by atoms with van der Waals surface area (Å²) in [5.74, 6) is 0.607. The topological polar surface area (TPSA) is 58.8 Å². The van der Waals surface area contributed by atoms with Gasteiger partial charge in [-0.25, -0.2) is 0 Å². The van der Waals surface area contributed by atoms with Crippen molar-refractivity contribution in [1.82, 2.24) is 29.6 Å². The summed E-state index contributed by atoms with van der Waals surface area (Å²) in [6.07, 6.45) is 2.56. The van der Waals surface area contributed by atoms with Crippen molar-refractivity contribution in [2.45, 2.75) is 12.5 Å². The summed E-state index contributed by atoms with van der Waals surface area (Å²) < 4.78 is 7.45. The zero-order chi connectivity index (χ0) is 21.6. The Labute approximate surface area is 188 Å². The SMILES string of the molecule is c1ccc(C(c2ccccc2)N2CCN(CCCOc3ccc4nncn4n3)CC2)cc1. The van der Waals surface area contributed by atoms with Gasteiger partial charge in [0.1, 0.15) is 6.33 Å². The highest BCUT2D eigenvalue weighted by Gasteiger charge is 2.26. The molecule has 7 nitrogen and oxygen atoms in total. The maximum atomic E-state index is 5.82. The van der Waals surface area contributed by atoms with Crippen molar-refractivity contribution >= 4 is 5.65 Å². The largest absolute Gasteiger partial charge is 0.477 e. The summed E-state index contributed by atoms with van der Waals surface area (Å²) in [5, 5.41) is 12.2. The van der Waals surface area contributed by atoms with Crippen molar-refractivity contribution < 1.29 is 4.74 Å². The standard InChI is InChI=1S/C25H28N6O/c1-3-8-21(9-4-1)25(22-10-5-2-6-11-22)30-17-15-29(16-18-30)14-7-19-32-24-13-12-23-27-26-20-31(23)28-24/h1-6,8-13,20,25H,7,14-19H2. The quantitative estimate of drug-likeness (QED) is 0.402. The lowest BCUT2D eigenvalue weighted by Gasteiger charge is -2.39. The van der Waals surface area contributed by atoms with Gasteiger partial charge in [0, 0.05) is 38.8 Å². The van der Waals surface area contributed by atoms with E-state index in [4.69, 9.17) is 4.74 Å². The third-order valence-electron chi connectivity index (χ3n) is 6.01. The predicted octanol–water partition coefficient (Wildman–Crippen LogP) is 3.30. The molecule has 0 radical (unpaired) electrons. The van der Waals surface area contributed by atoms with Crippen LogP contribution in [0.15, 0.2) is 79.1 Å².